The van der Waals surface area contributed by atoms with Crippen molar-refractivity contribution in [3.63, 3.8) is 0 Å². The lowest BCUT2D eigenvalue weighted by atomic mass is 9.91. The van der Waals surface area contributed by atoms with Crippen LogP contribution in [0, 0.1) is 0 Å². The lowest BCUT2D eigenvalue weighted by Crippen LogP contribution is -2.22. The molecule has 0 saturated carbocycles. The van der Waals surface area contributed by atoms with Gasteiger partial charge in [0.15, 0.2) is 5.82 Å². The summed E-state index contributed by atoms with van der Waals surface area (Å²) in [5.41, 5.74) is 2.85. The molecule has 1 atom stereocenters. The van der Waals surface area contributed by atoms with Gasteiger partial charge in [-0.05, 0) is 24.6 Å². The van der Waals surface area contributed by atoms with Crippen molar-refractivity contribution in [3.8, 4) is 11.5 Å². The molecule has 0 spiro atoms. The number of anilines is 3. The number of pyridine rings is 1. The summed E-state index contributed by atoms with van der Waals surface area (Å²) in [6.45, 7) is 9.47. The number of fused-ring (bicyclic) bond motifs is 1. The van der Waals surface area contributed by atoms with Crippen molar-refractivity contribution in [3.05, 3.63) is 48.3 Å². The molecule has 36 heavy (non-hydrogen) atoms. The number of hydrogen-bond acceptors (Lipinski definition) is 7. The van der Waals surface area contributed by atoms with E-state index in [0.717, 1.165) is 35.6 Å². The van der Waals surface area contributed by atoms with E-state index in [4.69, 9.17) is 19.6 Å². The maximum atomic E-state index is 11.3. The van der Waals surface area contributed by atoms with Crippen molar-refractivity contribution >= 4 is 34.5 Å². The van der Waals surface area contributed by atoms with Gasteiger partial charge in [0.1, 0.15) is 17.3 Å². The molecular weight excluding hydrogens is 458 g/mol. The number of amides is 1. The van der Waals surface area contributed by atoms with Crippen LogP contribution in [0.2, 0.25) is 0 Å². The van der Waals surface area contributed by atoms with Gasteiger partial charge < -0.3 is 24.7 Å². The van der Waals surface area contributed by atoms with E-state index >= 15 is 0 Å². The second kappa shape index (κ2) is 9.27. The predicted octanol–water partition coefficient (Wildman–Crippen LogP) is 4.92. The van der Waals surface area contributed by atoms with Gasteiger partial charge in [-0.15, -0.1) is 0 Å². The standard InChI is InChI=1S/C26H31N7O3/c1-16(34)28-23-13-19(8-10-27-23)36-18-6-7-20-21(12-18)32(5)25(29-20)30-24-14-22(26(2,3)4)33(31-24)17-9-11-35-15-17/h6-8,10,12-14,17H,9,11,15H2,1-5H3,(H,27,28,34)(H,29,30,31)/t17-/m0/s1. The molecule has 1 saturated heterocycles. The van der Waals surface area contributed by atoms with Crippen LogP contribution >= 0.6 is 0 Å². The van der Waals surface area contributed by atoms with Gasteiger partial charge in [0.05, 0.1) is 23.7 Å². The predicted molar refractivity (Wildman–Crippen MR) is 138 cm³/mol. The van der Waals surface area contributed by atoms with Gasteiger partial charge in [-0.1, -0.05) is 20.8 Å². The quantitative estimate of drug-likeness (QED) is 0.396. The molecule has 1 amide bonds. The van der Waals surface area contributed by atoms with Crippen molar-refractivity contribution in [1.29, 1.82) is 0 Å². The molecule has 1 aromatic carbocycles. The van der Waals surface area contributed by atoms with E-state index in [1.165, 1.54) is 6.92 Å². The molecule has 10 heteroatoms. The summed E-state index contributed by atoms with van der Waals surface area (Å²) in [6, 6.07) is 11.5. The van der Waals surface area contributed by atoms with Crippen molar-refractivity contribution < 1.29 is 14.3 Å². The normalized spacial score (nSPS) is 15.9. The van der Waals surface area contributed by atoms with Gasteiger partial charge in [0, 0.05) is 56.1 Å². The number of carbonyl (C=O) groups excluding carboxylic acids is 1. The molecule has 0 radical (unpaired) electrons. The zero-order valence-corrected chi connectivity index (χ0v) is 21.2. The highest BCUT2D eigenvalue weighted by molar-refractivity contribution is 5.87. The van der Waals surface area contributed by atoms with Gasteiger partial charge in [-0.25, -0.2) is 9.97 Å². The first-order chi connectivity index (χ1) is 17.2. The third kappa shape index (κ3) is 4.90. The Morgan fingerprint density at radius 2 is 1.94 bits per heavy atom. The topological polar surface area (TPSA) is 108 Å². The number of hydrogen-bond donors (Lipinski definition) is 2. The summed E-state index contributed by atoms with van der Waals surface area (Å²) < 4.78 is 15.7. The number of aromatic nitrogens is 5. The Labute approximate surface area is 209 Å². The molecule has 0 aliphatic carbocycles. The molecule has 0 bridgehead atoms. The first kappa shape index (κ1) is 23.8. The van der Waals surface area contributed by atoms with Gasteiger partial charge in [-0.2, -0.15) is 5.10 Å². The first-order valence-corrected chi connectivity index (χ1v) is 12.0. The molecule has 1 fully saturated rings. The molecule has 188 valence electrons. The number of nitrogens with one attached hydrogen (secondary N) is 2. The van der Waals surface area contributed by atoms with Crippen molar-refractivity contribution in [2.24, 2.45) is 7.05 Å². The van der Waals surface area contributed by atoms with Gasteiger partial charge in [-0.3, -0.25) is 9.48 Å². The smallest absolute Gasteiger partial charge is 0.222 e. The van der Waals surface area contributed by atoms with E-state index in [9.17, 15) is 4.79 Å². The first-order valence-electron chi connectivity index (χ1n) is 12.0. The molecule has 4 aromatic rings. The molecule has 10 nitrogen and oxygen atoms in total. The Morgan fingerprint density at radius 3 is 2.67 bits per heavy atom. The highest BCUT2D eigenvalue weighted by Gasteiger charge is 2.28. The Bertz CT molecular complexity index is 1410. The highest BCUT2D eigenvalue weighted by Crippen LogP contribution is 2.32. The van der Waals surface area contributed by atoms with Crippen LogP contribution in [0.1, 0.15) is 45.9 Å². The summed E-state index contributed by atoms with van der Waals surface area (Å²) >= 11 is 0. The fraction of sp³-hybridized carbons (Fsp3) is 0.385. The Balaban J connectivity index is 1.40. The van der Waals surface area contributed by atoms with Crippen LogP contribution in [0.3, 0.4) is 0 Å². The summed E-state index contributed by atoms with van der Waals surface area (Å²) in [5.74, 6) is 2.91. The van der Waals surface area contributed by atoms with E-state index < -0.39 is 0 Å². The summed E-state index contributed by atoms with van der Waals surface area (Å²) in [5, 5.41) is 10.9. The lowest BCUT2D eigenvalue weighted by molar-refractivity contribution is -0.114. The summed E-state index contributed by atoms with van der Waals surface area (Å²) in [4.78, 5) is 20.2. The maximum Gasteiger partial charge on any atom is 0.222 e. The SMILES string of the molecule is CC(=O)Nc1cc(Oc2ccc3nc(Nc4cc(C(C)(C)C)n([C@H]5CCOC5)n4)n(C)c3c2)ccn1. The van der Waals surface area contributed by atoms with Crippen LogP contribution in [-0.2, 0) is 22.0 Å². The third-order valence-corrected chi connectivity index (χ3v) is 6.12. The number of carbonyl (C=O) groups is 1. The lowest BCUT2D eigenvalue weighted by Gasteiger charge is -2.22. The average Bonchev–Trinajstić information content (AvgIpc) is 3.54. The number of ether oxygens (including phenoxy) is 2. The van der Waals surface area contributed by atoms with Crippen LogP contribution < -0.4 is 15.4 Å². The number of nitrogens with zero attached hydrogens (tertiary/aromatic N) is 5. The number of benzene rings is 1. The van der Waals surface area contributed by atoms with Gasteiger partial charge in [0.2, 0.25) is 11.9 Å². The molecular formula is C26H31N7O3. The van der Waals surface area contributed by atoms with E-state index in [1.54, 1.807) is 18.3 Å². The zero-order chi connectivity index (χ0) is 25.4. The van der Waals surface area contributed by atoms with Crippen LogP contribution in [-0.4, -0.2) is 43.4 Å². The largest absolute Gasteiger partial charge is 0.457 e. The molecule has 5 rings (SSSR count). The average molecular weight is 490 g/mol. The van der Waals surface area contributed by atoms with Crippen LogP contribution in [0.5, 0.6) is 11.5 Å². The molecule has 4 heterocycles. The summed E-state index contributed by atoms with van der Waals surface area (Å²) in [6.07, 6.45) is 2.55. The molecule has 1 aliphatic rings. The Kier molecular flexibility index (Phi) is 6.13. The number of imidazole rings is 1. The minimum atomic E-state index is -0.188. The maximum absolute atomic E-state index is 11.3. The minimum absolute atomic E-state index is 0.0547. The minimum Gasteiger partial charge on any atom is -0.457 e. The molecule has 0 unspecified atom stereocenters. The van der Waals surface area contributed by atoms with Crippen molar-refractivity contribution in [1.82, 2.24) is 24.3 Å². The van der Waals surface area contributed by atoms with E-state index in [-0.39, 0.29) is 17.4 Å². The van der Waals surface area contributed by atoms with Crippen LogP contribution in [0.4, 0.5) is 17.6 Å². The van der Waals surface area contributed by atoms with Crippen LogP contribution in [0.25, 0.3) is 11.0 Å². The van der Waals surface area contributed by atoms with E-state index in [2.05, 4.69) is 47.1 Å². The Hall–Kier alpha value is -3.92. The second-order valence-corrected chi connectivity index (χ2v) is 10.1. The zero-order valence-electron chi connectivity index (χ0n) is 21.2. The fourth-order valence-corrected chi connectivity index (χ4v) is 4.33. The number of rotatable bonds is 6. The summed E-state index contributed by atoms with van der Waals surface area (Å²) in [7, 11) is 1.95. The van der Waals surface area contributed by atoms with Gasteiger partial charge in [0.25, 0.3) is 0 Å². The Morgan fingerprint density at radius 1 is 1.14 bits per heavy atom. The van der Waals surface area contributed by atoms with Crippen molar-refractivity contribution in [2.45, 2.75) is 45.6 Å². The monoisotopic (exact) mass is 489 g/mol. The van der Waals surface area contributed by atoms with Gasteiger partial charge >= 0.3 is 0 Å². The fourth-order valence-electron chi connectivity index (χ4n) is 4.33. The van der Waals surface area contributed by atoms with Crippen LogP contribution in [0.15, 0.2) is 42.6 Å². The molecule has 2 N–H and O–H groups in total. The second-order valence-electron chi connectivity index (χ2n) is 10.1. The van der Waals surface area contributed by atoms with E-state index in [0.29, 0.717) is 29.9 Å². The number of aryl methyl sites for hydroxylation is 1. The van der Waals surface area contributed by atoms with E-state index in [1.807, 2.05) is 29.8 Å². The highest BCUT2D eigenvalue weighted by atomic mass is 16.5. The molecule has 1 aliphatic heterocycles. The van der Waals surface area contributed by atoms with Crippen molar-refractivity contribution in [2.75, 3.05) is 23.8 Å². The molecule has 3 aromatic heterocycles. The third-order valence-electron chi connectivity index (χ3n) is 6.12.